The lowest BCUT2D eigenvalue weighted by molar-refractivity contribution is 0.102. The number of amides is 1. The molecular formula is C15H16N2O2. The van der Waals surface area contributed by atoms with Crippen LogP contribution in [0.2, 0.25) is 0 Å². The molecule has 2 rings (SSSR count). The lowest BCUT2D eigenvalue weighted by Gasteiger charge is -2.11. The van der Waals surface area contributed by atoms with E-state index in [1.54, 1.807) is 31.5 Å². The van der Waals surface area contributed by atoms with Gasteiger partial charge in [-0.1, -0.05) is 19.1 Å². The van der Waals surface area contributed by atoms with Crippen molar-refractivity contribution in [1.29, 1.82) is 0 Å². The molecule has 4 nitrogen and oxygen atoms in total. The quantitative estimate of drug-likeness (QED) is 0.915. The molecule has 1 heterocycles. The molecule has 0 radical (unpaired) electrons. The highest BCUT2D eigenvalue weighted by Gasteiger charge is 2.10. The van der Waals surface area contributed by atoms with Crippen molar-refractivity contribution in [3.8, 4) is 5.75 Å². The van der Waals surface area contributed by atoms with Crippen LogP contribution in [0.1, 0.15) is 23.0 Å². The zero-order valence-corrected chi connectivity index (χ0v) is 11.0. The van der Waals surface area contributed by atoms with E-state index in [-0.39, 0.29) is 5.91 Å². The summed E-state index contributed by atoms with van der Waals surface area (Å²) in [5.74, 6) is 0.397. The maximum Gasteiger partial charge on any atom is 0.274 e. The summed E-state index contributed by atoms with van der Waals surface area (Å²) in [5.41, 5.74) is 2.18. The van der Waals surface area contributed by atoms with Crippen LogP contribution >= 0.6 is 0 Å². The molecule has 1 N–H and O–H groups in total. The van der Waals surface area contributed by atoms with Gasteiger partial charge in [-0.15, -0.1) is 0 Å². The zero-order valence-electron chi connectivity index (χ0n) is 11.0. The van der Waals surface area contributed by atoms with Crippen LogP contribution in [-0.4, -0.2) is 18.0 Å². The maximum atomic E-state index is 12.1. The van der Waals surface area contributed by atoms with Crippen LogP contribution in [0.5, 0.6) is 5.75 Å². The molecule has 0 bridgehead atoms. The number of carbonyl (C=O) groups is 1. The van der Waals surface area contributed by atoms with E-state index < -0.39 is 0 Å². The van der Waals surface area contributed by atoms with Gasteiger partial charge in [0.25, 0.3) is 5.91 Å². The summed E-state index contributed by atoms with van der Waals surface area (Å²) in [6.45, 7) is 2.06. The molecule has 0 atom stereocenters. The lowest BCUT2D eigenvalue weighted by atomic mass is 10.1. The Kier molecular flexibility index (Phi) is 4.13. The van der Waals surface area contributed by atoms with E-state index in [9.17, 15) is 4.79 Å². The molecule has 0 fully saturated rings. The zero-order chi connectivity index (χ0) is 13.7. The predicted molar refractivity (Wildman–Crippen MR) is 74.6 cm³/mol. The van der Waals surface area contributed by atoms with E-state index in [4.69, 9.17) is 4.74 Å². The van der Waals surface area contributed by atoms with E-state index in [0.717, 1.165) is 12.0 Å². The number of nitrogens with one attached hydrogen (secondary N) is 1. The van der Waals surface area contributed by atoms with Crippen molar-refractivity contribution in [2.24, 2.45) is 0 Å². The van der Waals surface area contributed by atoms with Crippen molar-refractivity contribution < 1.29 is 9.53 Å². The van der Waals surface area contributed by atoms with Crippen LogP contribution in [-0.2, 0) is 6.42 Å². The van der Waals surface area contributed by atoms with Gasteiger partial charge in [0, 0.05) is 6.20 Å². The van der Waals surface area contributed by atoms with Crippen molar-refractivity contribution in [3.05, 3.63) is 53.9 Å². The first-order valence-corrected chi connectivity index (χ1v) is 6.14. The van der Waals surface area contributed by atoms with Gasteiger partial charge >= 0.3 is 0 Å². The molecule has 0 aliphatic rings. The van der Waals surface area contributed by atoms with Crippen molar-refractivity contribution in [2.45, 2.75) is 13.3 Å². The van der Waals surface area contributed by atoms with Crippen molar-refractivity contribution in [1.82, 2.24) is 4.98 Å². The first kappa shape index (κ1) is 13.1. The molecule has 0 saturated heterocycles. The topological polar surface area (TPSA) is 51.2 Å². The second kappa shape index (κ2) is 6.00. The van der Waals surface area contributed by atoms with Crippen LogP contribution < -0.4 is 10.1 Å². The minimum absolute atomic E-state index is 0.243. The average Bonchev–Trinajstić information content (AvgIpc) is 2.48. The third-order valence-corrected chi connectivity index (χ3v) is 2.82. The van der Waals surface area contributed by atoms with Crippen LogP contribution in [0.25, 0.3) is 0 Å². The molecule has 4 heteroatoms. The van der Waals surface area contributed by atoms with Crippen LogP contribution in [0.4, 0.5) is 5.69 Å². The van der Waals surface area contributed by atoms with Gasteiger partial charge < -0.3 is 10.1 Å². The molecule has 0 aliphatic carbocycles. The third kappa shape index (κ3) is 3.10. The molecule has 19 heavy (non-hydrogen) atoms. The second-order valence-electron chi connectivity index (χ2n) is 4.06. The average molecular weight is 256 g/mol. The van der Waals surface area contributed by atoms with Gasteiger partial charge in [0.15, 0.2) is 0 Å². The fourth-order valence-corrected chi connectivity index (χ4v) is 1.76. The van der Waals surface area contributed by atoms with Gasteiger partial charge in [0.1, 0.15) is 11.4 Å². The molecular weight excluding hydrogens is 240 g/mol. The Bertz CT molecular complexity index is 568. The number of pyridine rings is 1. The number of hydrogen-bond donors (Lipinski definition) is 1. The first-order valence-electron chi connectivity index (χ1n) is 6.14. The van der Waals surface area contributed by atoms with Gasteiger partial charge in [-0.2, -0.15) is 0 Å². The Morgan fingerprint density at radius 3 is 2.79 bits per heavy atom. The Labute approximate surface area is 112 Å². The summed E-state index contributed by atoms with van der Waals surface area (Å²) < 4.78 is 5.25. The monoisotopic (exact) mass is 256 g/mol. The first-order chi connectivity index (χ1) is 9.24. The minimum Gasteiger partial charge on any atom is -0.495 e. The highest BCUT2D eigenvalue weighted by Crippen LogP contribution is 2.26. The Morgan fingerprint density at radius 1 is 1.32 bits per heavy atom. The molecule has 0 aliphatic heterocycles. The standard InChI is InChI=1S/C15H16N2O2/c1-3-11-7-8-14(19-2)13(10-11)17-15(18)12-6-4-5-9-16-12/h4-10H,3H2,1-2H3,(H,17,18). The summed E-state index contributed by atoms with van der Waals surface area (Å²) in [4.78, 5) is 16.1. The third-order valence-electron chi connectivity index (χ3n) is 2.82. The minimum atomic E-state index is -0.243. The van der Waals surface area contributed by atoms with E-state index in [1.165, 1.54) is 0 Å². The molecule has 1 aromatic heterocycles. The van der Waals surface area contributed by atoms with Crippen molar-refractivity contribution >= 4 is 11.6 Å². The maximum absolute atomic E-state index is 12.1. The predicted octanol–water partition coefficient (Wildman–Crippen LogP) is 2.90. The highest BCUT2D eigenvalue weighted by molar-refractivity contribution is 6.03. The number of nitrogens with zero attached hydrogens (tertiary/aromatic N) is 1. The molecule has 98 valence electrons. The van der Waals surface area contributed by atoms with Crippen LogP contribution in [0.3, 0.4) is 0 Å². The van der Waals surface area contributed by atoms with E-state index in [0.29, 0.717) is 17.1 Å². The fourth-order valence-electron chi connectivity index (χ4n) is 1.76. The molecule has 0 spiro atoms. The van der Waals surface area contributed by atoms with Crippen molar-refractivity contribution in [2.75, 3.05) is 12.4 Å². The van der Waals surface area contributed by atoms with E-state index in [2.05, 4.69) is 17.2 Å². The highest BCUT2D eigenvalue weighted by atomic mass is 16.5. The van der Waals surface area contributed by atoms with Gasteiger partial charge in [0.2, 0.25) is 0 Å². The van der Waals surface area contributed by atoms with Crippen LogP contribution in [0, 0.1) is 0 Å². The second-order valence-corrected chi connectivity index (χ2v) is 4.06. The molecule has 1 amide bonds. The number of benzene rings is 1. The fraction of sp³-hybridized carbons (Fsp3) is 0.200. The molecule has 0 saturated carbocycles. The number of methoxy groups -OCH3 is 1. The lowest BCUT2D eigenvalue weighted by Crippen LogP contribution is -2.14. The van der Waals surface area contributed by atoms with E-state index >= 15 is 0 Å². The number of rotatable bonds is 4. The summed E-state index contributed by atoms with van der Waals surface area (Å²) >= 11 is 0. The van der Waals surface area contributed by atoms with Crippen molar-refractivity contribution in [3.63, 3.8) is 0 Å². The van der Waals surface area contributed by atoms with Crippen LogP contribution in [0.15, 0.2) is 42.6 Å². The number of anilines is 1. The van der Waals surface area contributed by atoms with Gasteiger partial charge in [-0.05, 0) is 36.2 Å². The number of aryl methyl sites for hydroxylation is 1. The Balaban J connectivity index is 2.25. The Hall–Kier alpha value is -2.36. The largest absolute Gasteiger partial charge is 0.495 e. The number of hydrogen-bond acceptors (Lipinski definition) is 3. The smallest absolute Gasteiger partial charge is 0.274 e. The molecule has 2 aromatic rings. The summed E-state index contributed by atoms with van der Waals surface area (Å²) in [6.07, 6.45) is 2.49. The summed E-state index contributed by atoms with van der Waals surface area (Å²) in [7, 11) is 1.58. The van der Waals surface area contributed by atoms with Gasteiger partial charge in [0.05, 0.1) is 12.8 Å². The molecule has 1 aromatic carbocycles. The van der Waals surface area contributed by atoms with E-state index in [1.807, 2.05) is 18.2 Å². The Morgan fingerprint density at radius 2 is 2.16 bits per heavy atom. The van der Waals surface area contributed by atoms with Gasteiger partial charge in [-0.25, -0.2) is 0 Å². The SMILES string of the molecule is CCc1ccc(OC)c(NC(=O)c2ccccn2)c1. The summed E-state index contributed by atoms with van der Waals surface area (Å²) in [5, 5.41) is 2.83. The summed E-state index contributed by atoms with van der Waals surface area (Å²) in [6, 6.07) is 11.0. The number of carbonyl (C=O) groups excluding carboxylic acids is 1. The molecule has 0 unspecified atom stereocenters. The van der Waals surface area contributed by atoms with Gasteiger partial charge in [-0.3, -0.25) is 9.78 Å². The number of ether oxygens (including phenoxy) is 1. The number of aromatic nitrogens is 1. The normalized spacial score (nSPS) is 10.0.